The fourth-order valence-electron chi connectivity index (χ4n) is 1.56. The molecule has 1 aliphatic rings. The molecule has 0 aliphatic heterocycles. The van der Waals surface area contributed by atoms with Crippen LogP contribution in [0.3, 0.4) is 0 Å². The molecule has 2 N–H and O–H groups in total. The van der Waals surface area contributed by atoms with Gasteiger partial charge in [0.25, 0.3) is 0 Å². The second-order valence-electron chi connectivity index (χ2n) is 4.98. The van der Waals surface area contributed by atoms with E-state index >= 15 is 0 Å². The molecule has 0 spiro atoms. The van der Waals surface area contributed by atoms with Gasteiger partial charge in [-0.15, -0.1) is 0 Å². The van der Waals surface area contributed by atoms with Crippen LogP contribution in [0.4, 0.5) is 0 Å². The number of nitrogens with two attached hydrogens (primary N) is 1. The van der Waals surface area contributed by atoms with E-state index in [0.29, 0.717) is 5.92 Å². The van der Waals surface area contributed by atoms with Crippen molar-refractivity contribution in [1.29, 1.82) is 0 Å². The minimum absolute atomic E-state index is 0.591. The van der Waals surface area contributed by atoms with E-state index in [-0.39, 0.29) is 0 Å². The van der Waals surface area contributed by atoms with Crippen molar-refractivity contribution in [3.63, 3.8) is 0 Å². The third kappa shape index (κ3) is 5.05. The zero-order chi connectivity index (χ0) is 11.3. The summed E-state index contributed by atoms with van der Waals surface area (Å²) in [7, 11) is 0. The maximum atomic E-state index is 6.00. The maximum Gasteiger partial charge on any atom is 0.191 e. The molecular formula is C12H25N3. The van der Waals surface area contributed by atoms with Crippen molar-refractivity contribution >= 4 is 5.96 Å². The van der Waals surface area contributed by atoms with Crippen molar-refractivity contribution in [2.45, 2.75) is 40.0 Å². The number of rotatable bonds is 6. The highest BCUT2D eigenvalue weighted by atomic mass is 15.2. The van der Waals surface area contributed by atoms with Crippen LogP contribution in [0.2, 0.25) is 0 Å². The quantitative estimate of drug-likeness (QED) is 0.540. The molecule has 0 aromatic rings. The Morgan fingerprint density at radius 1 is 1.47 bits per heavy atom. The van der Waals surface area contributed by atoms with Crippen LogP contribution in [-0.4, -0.2) is 30.5 Å². The summed E-state index contributed by atoms with van der Waals surface area (Å²) >= 11 is 0. The van der Waals surface area contributed by atoms with Crippen LogP contribution in [0.1, 0.15) is 40.0 Å². The van der Waals surface area contributed by atoms with Crippen molar-refractivity contribution in [3.8, 4) is 0 Å². The lowest BCUT2D eigenvalue weighted by molar-refractivity contribution is 0.392. The standard InChI is InChI=1S/C12H25N3/c1-4-7-15(9-11-5-6-11)12(13)14-8-10(2)3/h10-11H,4-9H2,1-3H3,(H2,13,14). The van der Waals surface area contributed by atoms with Gasteiger partial charge in [0.2, 0.25) is 0 Å². The van der Waals surface area contributed by atoms with Crippen LogP contribution in [-0.2, 0) is 0 Å². The number of nitrogens with zero attached hydrogens (tertiary/aromatic N) is 2. The zero-order valence-electron chi connectivity index (χ0n) is 10.4. The Balaban J connectivity index is 2.40. The van der Waals surface area contributed by atoms with Crippen LogP contribution in [0.25, 0.3) is 0 Å². The van der Waals surface area contributed by atoms with Gasteiger partial charge in [-0.2, -0.15) is 0 Å². The van der Waals surface area contributed by atoms with E-state index < -0.39 is 0 Å². The molecule has 1 rings (SSSR count). The molecule has 3 nitrogen and oxygen atoms in total. The lowest BCUT2D eigenvalue weighted by atomic mass is 10.2. The largest absolute Gasteiger partial charge is 0.370 e. The van der Waals surface area contributed by atoms with Gasteiger partial charge in [-0.05, 0) is 31.1 Å². The maximum absolute atomic E-state index is 6.00. The molecule has 1 aliphatic carbocycles. The molecule has 0 heterocycles. The summed E-state index contributed by atoms with van der Waals surface area (Å²) in [6, 6.07) is 0. The molecule has 0 bridgehead atoms. The molecule has 0 unspecified atom stereocenters. The SMILES string of the molecule is CCCN(CC1CC1)C(N)=NCC(C)C. The summed E-state index contributed by atoms with van der Waals surface area (Å²) in [5.41, 5.74) is 6.00. The van der Waals surface area contributed by atoms with E-state index in [4.69, 9.17) is 5.73 Å². The Labute approximate surface area is 93.7 Å². The predicted molar refractivity (Wildman–Crippen MR) is 65.9 cm³/mol. The topological polar surface area (TPSA) is 41.6 Å². The van der Waals surface area contributed by atoms with E-state index in [1.165, 1.54) is 12.8 Å². The fourth-order valence-corrected chi connectivity index (χ4v) is 1.56. The summed E-state index contributed by atoms with van der Waals surface area (Å²) < 4.78 is 0. The van der Waals surface area contributed by atoms with Crippen molar-refractivity contribution in [2.75, 3.05) is 19.6 Å². The molecule has 3 heteroatoms. The van der Waals surface area contributed by atoms with Gasteiger partial charge in [0, 0.05) is 19.6 Å². The van der Waals surface area contributed by atoms with Crippen molar-refractivity contribution in [2.24, 2.45) is 22.6 Å². The van der Waals surface area contributed by atoms with Crippen molar-refractivity contribution < 1.29 is 0 Å². The summed E-state index contributed by atoms with van der Waals surface area (Å²) in [4.78, 5) is 6.69. The van der Waals surface area contributed by atoms with Gasteiger partial charge < -0.3 is 10.6 Å². The van der Waals surface area contributed by atoms with Crippen LogP contribution >= 0.6 is 0 Å². The smallest absolute Gasteiger partial charge is 0.191 e. The molecule has 0 atom stereocenters. The molecule has 1 saturated carbocycles. The second-order valence-corrected chi connectivity index (χ2v) is 4.98. The highest BCUT2D eigenvalue weighted by Gasteiger charge is 2.24. The number of guanidine groups is 1. The Bertz CT molecular complexity index is 207. The highest BCUT2D eigenvalue weighted by Crippen LogP contribution is 2.29. The van der Waals surface area contributed by atoms with Crippen LogP contribution in [0.15, 0.2) is 4.99 Å². The summed E-state index contributed by atoms with van der Waals surface area (Å²) in [6.07, 6.45) is 3.89. The zero-order valence-corrected chi connectivity index (χ0v) is 10.4. The average molecular weight is 211 g/mol. The fraction of sp³-hybridized carbons (Fsp3) is 0.917. The summed E-state index contributed by atoms with van der Waals surface area (Å²) in [5, 5.41) is 0. The number of aliphatic imine (C=N–C) groups is 1. The molecule has 1 fully saturated rings. The van der Waals surface area contributed by atoms with Gasteiger partial charge in [-0.1, -0.05) is 20.8 Å². The normalized spacial score (nSPS) is 17.2. The predicted octanol–water partition coefficient (Wildman–Crippen LogP) is 2.08. The lowest BCUT2D eigenvalue weighted by Crippen LogP contribution is -2.39. The molecule has 0 radical (unpaired) electrons. The minimum Gasteiger partial charge on any atom is -0.370 e. The molecule has 0 aromatic heterocycles. The first-order valence-electron chi connectivity index (χ1n) is 6.18. The first kappa shape index (κ1) is 12.3. The molecule has 88 valence electrons. The van der Waals surface area contributed by atoms with Crippen LogP contribution < -0.4 is 5.73 Å². The van der Waals surface area contributed by atoms with Gasteiger partial charge in [0.15, 0.2) is 5.96 Å². The third-order valence-corrected chi connectivity index (χ3v) is 2.61. The van der Waals surface area contributed by atoms with E-state index in [1.54, 1.807) is 0 Å². The van der Waals surface area contributed by atoms with E-state index in [1.807, 2.05) is 0 Å². The van der Waals surface area contributed by atoms with Crippen molar-refractivity contribution in [3.05, 3.63) is 0 Å². The molecule has 0 aromatic carbocycles. The summed E-state index contributed by atoms with van der Waals surface area (Å²) in [6.45, 7) is 9.53. The Hall–Kier alpha value is -0.730. The molecule has 0 amide bonds. The first-order chi connectivity index (χ1) is 7.13. The molecule has 15 heavy (non-hydrogen) atoms. The van der Waals surface area contributed by atoms with Gasteiger partial charge in [-0.3, -0.25) is 4.99 Å². The van der Waals surface area contributed by atoms with E-state index in [2.05, 4.69) is 30.7 Å². The Morgan fingerprint density at radius 2 is 2.13 bits per heavy atom. The average Bonchev–Trinajstić information content (AvgIpc) is 2.97. The highest BCUT2D eigenvalue weighted by molar-refractivity contribution is 5.78. The lowest BCUT2D eigenvalue weighted by Gasteiger charge is -2.23. The Kier molecular flexibility index (Phi) is 4.92. The third-order valence-electron chi connectivity index (χ3n) is 2.61. The molecular weight excluding hydrogens is 186 g/mol. The monoisotopic (exact) mass is 211 g/mol. The number of hydrogen-bond acceptors (Lipinski definition) is 1. The van der Waals surface area contributed by atoms with Crippen molar-refractivity contribution in [1.82, 2.24) is 4.90 Å². The molecule has 0 saturated heterocycles. The van der Waals surface area contributed by atoms with Crippen LogP contribution in [0.5, 0.6) is 0 Å². The van der Waals surface area contributed by atoms with E-state index in [0.717, 1.165) is 37.9 Å². The Morgan fingerprint density at radius 3 is 2.60 bits per heavy atom. The van der Waals surface area contributed by atoms with E-state index in [9.17, 15) is 0 Å². The number of hydrogen-bond donors (Lipinski definition) is 1. The summed E-state index contributed by atoms with van der Waals surface area (Å²) in [5.74, 6) is 2.22. The van der Waals surface area contributed by atoms with Gasteiger partial charge in [0.05, 0.1) is 0 Å². The second kappa shape index (κ2) is 5.99. The van der Waals surface area contributed by atoms with Gasteiger partial charge >= 0.3 is 0 Å². The van der Waals surface area contributed by atoms with Crippen LogP contribution in [0, 0.1) is 11.8 Å². The minimum atomic E-state index is 0.591. The van der Waals surface area contributed by atoms with Gasteiger partial charge in [-0.25, -0.2) is 0 Å². The van der Waals surface area contributed by atoms with Gasteiger partial charge in [0.1, 0.15) is 0 Å². The first-order valence-corrected chi connectivity index (χ1v) is 6.18.